The van der Waals surface area contributed by atoms with Crippen molar-refractivity contribution in [3.05, 3.63) is 34.3 Å². The van der Waals surface area contributed by atoms with Crippen molar-refractivity contribution in [2.24, 2.45) is 5.92 Å². The van der Waals surface area contributed by atoms with Crippen LogP contribution >= 0.6 is 11.6 Å². The van der Waals surface area contributed by atoms with Gasteiger partial charge in [0, 0.05) is 24.8 Å². The maximum Gasteiger partial charge on any atom is 0.0465 e. The first-order valence-electron chi connectivity index (χ1n) is 6.57. The van der Waals surface area contributed by atoms with Crippen LogP contribution in [-0.2, 0) is 4.74 Å². The van der Waals surface area contributed by atoms with Gasteiger partial charge in [-0.1, -0.05) is 31.5 Å². The summed E-state index contributed by atoms with van der Waals surface area (Å²) < 4.78 is 5.17. The summed E-state index contributed by atoms with van der Waals surface area (Å²) in [4.78, 5) is 0. The Labute approximate surface area is 116 Å². The summed E-state index contributed by atoms with van der Waals surface area (Å²) in [5.74, 6) is 0.516. The van der Waals surface area contributed by atoms with E-state index in [2.05, 4.69) is 38.2 Å². The van der Waals surface area contributed by atoms with E-state index in [1.165, 1.54) is 11.1 Å². The Morgan fingerprint density at radius 1 is 1.33 bits per heavy atom. The summed E-state index contributed by atoms with van der Waals surface area (Å²) in [6.07, 6.45) is 1.04. The van der Waals surface area contributed by atoms with Crippen molar-refractivity contribution in [2.75, 3.05) is 20.3 Å². The van der Waals surface area contributed by atoms with Crippen LogP contribution in [0, 0.1) is 12.8 Å². The fourth-order valence-corrected chi connectivity index (χ4v) is 2.58. The van der Waals surface area contributed by atoms with E-state index in [4.69, 9.17) is 16.3 Å². The van der Waals surface area contributed by atoms with E-state index in [9.17, 15) is 0 Å². The third kappa shape index (κ3) is 4.60. The topological polar surface area (TPSA) is 21.3 Å². The Morgan fingerprint density at radius 3 is 2.61 bits per heavy atom. The maximum absolute atomic E-state index is 6.15. The summed E-state index contributed by atoms with van der Waals surface area (Å²) in [7, 11) is 1.75. The molecule has 102 valence electrons. The molecule has 0 aromatic heterocycles. The molecule has 0 saturated carbocycles. The van der Waals surface area contributed by atoms with Crippen LogP contribution in [0.4, 0.5) is 0 Å². The molecule has 0 amide bonds. The predicted octanol–water partition coefficient (Wildman–Crippen LogP) is 3.97. The van der Waals surface area contributed by atoms with E-state index in [-0.39, 0.29) is 0 Å². The molecule has 0 bridgehead atoms. The minimum atomic E-state index is 0.336. The van der Waals surface area contributed by atoms with E-state index in [1.807, 2.05) is 6.07 Å². The van der Waals surface area contributed by atoms with Gasteiger partial charge in [-0.25, -0.2) is 0 Å². The highest BCUT2D eigenvalue weighted by Gasteiger charge is 2.18. The lowest BCUT2D eigenvalue weighted by Crippen LogP contribution is -2.27. The second-order valence-corrected chi connectivity index (χ2v) is 5.29. The molecule has 2 unspecified atom stereocenters. The summed E-state index contributed by atoms with van der Waals surface area (Å²) in [5.41, 5.74) is 2.48. The first kappa shape index (κ1) is 15.5. The van der Waals surface area contributed by atoms with Gasteiger partial charge in [0.2, 0.25) is 0 Å². The average Bonchev–Trinajstić information content (AvgIpc) is 2.31. The van der Waals surface area contributed by atoms with Crippen molar-refractivity contribution >= 4 is 11.6 Å². The third-order valence-electron chi connectivity index (χ3n) is 3.19. The molecule has 2 nitrogen and oxygen atoms in total. The Morgan fingerprint density at radius 2 is 2.06 bits per heavy atom. The van der Waals surface area contributed by atoms with E-state index in [1.54, 1.807) is 7.11 Å². The van der Waals surface area contributed by atoms with Crippen LogP contribution in [0.5, 0.6) is 0 Å². The molecular formula is C15H24ClNO. The zero-order chi connectivity index (χ0) is 13.5. The van der Waals surface area contributed by atoms with Gasteiger partial charge in [-0.2, -0.15) is 0 Å². The fraction of sp³-hybridized carbons (Fsp3) is 0.600. The summed E-state index contributed by atoms with van der Waals surface area (Å²) >= 11 is 6.15. The largest absolute Gasteiger partial charge is 0.385 e. The third-order valence-corrected chi connectivity index (χ3v) is 3.41. The predicted molar refractivity (Wildman–Crippen MR) is 78.3 cm³/mol. The zero-order valence-corrected chi connectivity index (χ0v) is 12.6. The molecule has 0 fully saturated rings. The Bertz CT molecular complexity index is 347. The highest BCUT2D eigenvalue weighted by molar-refractivity contribution is 6.30. The standard InChI is InChI=1S/C15H24ClNO/c1-5-17-15(12(3)6-7-18-4)13-8-11(2)9-14(16)10-13/h8-10,12,15,17H,5-7H2,1-4H3. The lowest BCUT2D eigenvalue weighted by molar-refractivity contribution is 0.170. The first-order valence-corrected chi connectivity index (χ1v) is 6.95. The molecule has 0 radical (unpaired) electrons. The van der Waals surface area contributed by atoms with Crippen LogP contribution in [0.2, 0.25) is 5.02 Å². The van der Waals surface area contributed by atoms with Crippen LogP contribution in [-0.4, -0.2) is 20.3 Å². The quantitative estimate of drug-likeness (QED) is 0.809. The number of hydrogen-bond donors (Lipinski definition) is 1. The molecule has 0 spiro atoms. The number of nitrogens with one attached hydrogen (secondary N) is 1. The van der Waals surface area contributed by atoms with Crippen molar-refractivity contribution in [1.82, 2.24) is 5.32 Å². The van der Waals surface area contributed by atoms with Crippen molar-refractivity contribution in [3.8, 4) is 0 Å². The highest BCUT2D eigenvalue weighted by Crippen LogP contribution is 2.27. The molecule has 1 N–H and O–H groups in total. The van der Waals surface area contributed by atoms with Crippen LogP contribution < -0.4 is 5.32 Å². The Balaban J connectivity index is 2.88. The molecule has 0 heterocycles. The van der Waals surface area contributed by atoms with E-state index >= 15 is 0 Å². The van der Waals surface area contributed by atoms with Gasteiger partial charge in [-0.15, -0.1) is 0 Å². The van der Waals surface area contributed by atoms with Gasteiger partial charge in [0.15, 0.2) is 0 Å². The summed E-state index contributed by atoms with van der Waals surface area (Å²) in [6.45, 7) is 8.21. The normalized spacial score (nSPS) is 14.5. The molecule has 1 aromatic carbocycles. The lowest BCUT2D eigenvalue weighted by atomic mass is 9.91. The molecule has 0 aliphatic rings. The SMILES string of the molecule is CCNC(c1cc(C)cc(Cl)c1)C(C)CCOC. The van der Waals surface area contributed by atoms with Gasteiger partial charge in [0.1, 0.15) is 0 Å². The summed E-state index contributed by atoms with van der Waals surface area (Å²) in [5, 5.41) is 4.36. The van der Waals surface area contributed by atoms with E-state index in [0.717, 1.165) is 24.6 Å². The molecule has 2 atom stereocenters. The molecule has 0 saturated heterocycles. The van der Waals surface area contributed by atoms with Crippen molar-refractivity contribution in [3.63, 3.8) is 0 Å². The number of benzene rings is 1. The van der Waals surface area contributed by atoms with Crippen LogP contribution in [0.15, 0.2) is 18.2 Å². The molecule has 3 heteroatoms. The van der Waals surface area contributed by atoms with Crippen LogP contribution in [0.3, 0.4) is 0 Å². The number of hydrogen-bond acceptors (Lipinski definition) is 2. The van der Waals surface area contributed by atoms with Crippen molar-refractivity contribution < 1.29 is 4.74 Å². The molecule has 0 aliphatic heterocycles. The smallest absolute Gasteiger partial charge is 0.0465 e. The number of halogens is 1. The van der Waals surface area contributed by atoms with E-state index < -0.39 is 0 Å². The number of methoxy groups -OCH3 is 1. The Hall–Kier alpha value is -0.570. The minimum Gasteiger partial charge on any atom is -0.385 e. The highest BCUT2D eigenvalue weighted by atomic mass is 35.5. The van der Waals surface area contributed by atoms with E-state index in [0.29, 0.717) is 12.0 Å². The minimum absolute atomic E-state index is 0.336. The first-order chi connectivity index (χ1) is 8.58. The lowest BCUT2D eigenvalue weighted by Gasteiger charge is -2.25. The number of aryl methyl sites for hydroxylation is 1. The van der Waals surface area contributed by atoms with Gasteiger partial charge in [0.25, 0.3) is 0 Å². The van der Waals surface area contributed by atoms with Crippen LogP contribution in [0.25, 0.3) is 0 Å². The van der Waals surface area contributed by atoms with Crippen LogP contribution in [0.1, 0.15) is 37.4 Å². The Kier molecular flexibility index (Phi) is 6.69. The molecule has 1 aromatic rings. The molecular weight excluding hydrogens is 246 g/mol. The molecule has 18 heavy (non-hydrogen) atoms. The van der Waals surface area contributed by atoms with Crippen molar-refractivity contribution in [2.45, 2.75) is 33.2 Å². The fourth-order valence-electron chi connectivity index (χ4n) is 2.28. The summed E-state index contributed by atoms with van der Waals surface area (Å²) in [6, 6.07) is 6.60. The van der Waals surface area contributed by atoms with Gasteiger partial charge in [-0.05, 0) is 49.1 Å². The maximum atomic E-state index is 6.15. The zero-order valence-electron chi connectivity index (χ0n) is 11.8. The number of rotatable bonds is 7. The number of ether oxygens (including phenoxy) is 1. The van der Waals surface area contributed by atoms with Gasteiger partial charge in [0.05, 0.1) is 0 Å². The van der Waals surface area contributed by atoms with Gasteiger partial charge >= 0.3 is 0 Å². The molecule has 1 rings (SSSR count). The second kappa shape index (κ2) is 7.78. The van der Waals surface area contributed by atoms with Crippen molar-refractivity contribution in [1.29, 1.82) is 0 Å². The molecule has 0 aliphatic carbocycles. The van der Waals surface area contributed by atoms with Gasteiger partial charge in [-0.3, -0.25) is 0 Å². The monoisotopic (exact) mass is 269 g/mol. The van der Waals surface area contributed by atoms with Gasteiger partial charge < -0.3 is 10.1 Å². The second-order valence-electron chi connectivity index (χ2n) is 4.86. The average molecular weight is 270 g/mol.